The highest BCUT2D eigenvalue weighted by molar-refractivity contribution is 5.97. The van der Waals surface area contributed by atoms with E-state index in [0.29, 0.717) is 0 Å². The predicted molar refractivity (Wildman–Crippen MR) is 122 cm³/mol. The molecule has 0 bridgehead atoms. The molecule has 0 radical (unpaired) electrons. The summed E-state index contributed by atoms with van der Waals surface area (Å²) >= 11 is 0. The number of allylic oxidation sites excluding steroid dienone is 1. The van der Waals surface area contributed by atoms with E-state index in [1.807, 2.05) is 54.6 Å². The van der Waals surface area contributed by atoms with Crippen LogP contribution in [0.3, 0.4) is 0 Å². The Morgan fingerprint density at radius 2 is 1.78 bits per heavy atom. The molecule has 1 N–H and O–H groups in total. The lowest BCUT2D eigenvalue weighted by molar-refractivity contribution is -0.148. The molecule has 5 nitrogen and oxygen atoms in total. The van der Waals surface area contributed by atoms with Gasteiger partial charge in [0.05, 0.1) is 18.9 Å². The Balaban J connectivity index is 1.58. The number of carbonyl (C=O) groups is 2. The summed E-state index contributed by atoms with van der Waals surface area (Å²) in [5, 5.41) is 3.05. The molecule has 1 amide bonds. The summed E-state index contributed by atoms with van der Waals surface area (Å²) < 4.78 is 11.2. The van der Waals surface area contributed by atoms with E-state index in [1.54, 1.807) is 7.11 Å². The molecular weight excluding hydrogens is 402 g/mol. The summed E-state index contributed by atoms with van der Waals surface area (Å²) in [6.07, 6.45) is 3.85. The molecule has 5 heteroatoms. The second-order valence-corrected chi connectivity index (χ2v) is 9.99. The maximum atomic E-state index is 13.6. The molecule has 1 saturated heterocycles. The number of methoxy groups -OCH3 is 1. The molecule has 2 aliphatic carbocycles. The molecule has 0 spiro atoms. The Morgan fingerprint density at radius 3 is 2.47 bits per heavy atom. The summed E-state index contributed by atoms with van der Waals surface area (Å²) in [4.78, 5) is 26.8. The molecule has 1 aliphatic heterocycles. The minimum Gasteiger partial charge on any atom is -0.497 e. The van der Waals surface area contributed by atoms with Crippen LogP contribution in [0.25, 0.3) is 0 Å². The van der Waals surface area contributed by atoms with Gasteiger partial charge in [0, 0.05) is 17.5 Å². The highest BCUT2D eigenvalue weighted by atomic mass is 16.6. The smallest absolute Gasteiger partial charge is 0.310 e. The molecule has 3 aliphatic rings. The van der Waals surface area contributed by atoms with Gasteiger partial charge in [-0.15, -0.1) is 0 Å². The third-order valence-corrected chi connectivity index (χ3v) is 7.20. The molecule has 166 valence electrons. The van der Waals surface area contributed by atoms with Crippen molar-refractivity contribution in [1.29, 1.82) is 0 Å². The van der Waals surface area contributed by atoms with E-state index in [0.717, 1.165) is 29.8 Å². The van der Waals surface area contributed by atoms with Crippen molar-refractivity contribution in [2.75, 3.05) is 12.4 Å². The van der Waals surface area contributed by atoms with Gasteiger partial charge in [-0.25, -0.2) is 0 Å². The standard InChI is InChI=1S/C27H29NO4/c1-27(2)14-17-13-20(16-9-11-19(31-3)12-10-16)23(24-22(17)21(15-27)32-26(24)30)25(29)28-18-7-5-4-6-8-18/h4-13,20-24H,14-15H2,1-3H3,(H,28,29)/t20-,21-,22+,23+,24-/m0/s1. The number of rotatable bonds is 4. The van der Waals surface area contributed by atoms with E-state index in [-0.39, 0.29) is 35.2 Å². The van der Waals surface area contributed by atoms with Crippen LogP contribution in [-0.4, -0.2) is 25.1 Å². The average Bonchev–Trinajstić information content (AvgIpc) is 3.09. The first-order valence-electron chi connectivity index (χ1n) is 11.3. The van der Waals surface area contributed by atoms with Gasteiger partial charge in [0.1, 0.15) is 11.9 Å². The van der Waals surface area contributed by atoms with Gasteiger partial charge in [0.25, 0.3) is 0 Å². The minimum absolute atomic E-state index is 0.0171. The SMILES string of the molecule is COc1ccc([C@@H]2C=C3CC(C)(C)C[C@@H]4OC(=O)[C@@H]([C@H]34)[C@@H]2C(=O)Nc2ccccc2)cc1. The van der Waals surface area contributed by atoms with Crippen molar-refractivity contribution in [2.45, 2.75) is 38.7 Å². The molecule has 0 unspecified atom stereocenters. The number of hydrogen-bond acceptors (Lipinski definition) is 4. The topological polar surface area (TPSA) is 64.6 Å². The van der Waals surface area contributed by atoms with Crippen molar-refractivity contribution in [1.82, 2.24) is 0 Å². The first-order chi connectivity index (χ1) is 15.4. The van der Waals surface area contributed by atoms with Crippen LogP contribution in [0.1, 0.15) is 38.2 Å². The summed E-state index contributed by atoms with van der Waals surface area (Å²) in [5.74, 6) is -0.838. The highest BCUT2D eigenvalue weighted by Gasteiger charge is 2.59. The number of para-hydroxylation sites is 1. The zero-order valence-corrected chi connectivity index (χ0v) is 18.7. The van der Waals surface area contributed by atoms with Crippen LogP contribution in [0.4, 0.5) is 5.69 Å². The third kappa shape index (κ3) is 3.60. The van der Waals surface area contributed by atoms with E-state index < -0.39 is 11.8 Å². The van der Waals surface area contributed by atoms with Crippen LogP contribution in [0.2, 0.25) is 0 Å². The van der Waals surface area contributed by atoms with Crippen molar-refractivity contribution in [3.63, 3.8) is 0 Å². The monoisotopic (exact) mass is 431 g/mol. The van der Waals surface area contributed by atoms with Crippen molar-refractivity contribution in [3.05, 3.63) is 71.8 Å². The molecule has 32 heavy (non-hydrogen) atoms. The summed E-state index contributed by atoms with van der Waals surface area (Å²) in [6.45, 7) is 4.45. The molecule has 1 saturated carbocycles. The van der Waals surface area contributed by atoms with E-state index in [4.69, 9.17) is 9.47 Å². The minimum atomic E-state index is -0.531. The van der Waals surface area contributed by atoms with Gasteiger partial charge in [0.2, 0.25) is 5.91 Å². The van der Waals surface area contributed by atoms with Crippen LogP contribution in [0.5, 0.6) is 5.75 Å². The molecule has 2 aromatic carbocycles. The number of carbonyl (C=O) groups excluding carboxylic acids is 2. The number of amides is 1. The lowest BCUT2D eigenvalue weighted by Crippen LogP contribution is -2.45. The largest absolute Gasteiger partial charge is 0.497 e. The van der Waals surface area contributed by atoms with E-state index in [2.05, 4.69) is 25.2 Å². The van der Waals surface area contributed by atoms with Gasteiger partial charge in [0.15, 0.2) is 0 Å². The van der Waals surface area contributed by atoms with Crippen molar-refractivity contribution >= 4 is 17.6 Å². The first kappa shape index (κ1) is 20.8. The molecule has 1 heterocycles. The van der Waals surface area contributed by atoms with Crippen LogP contribution in [0, 0.1) is 23.2 Å². The molecule has 2 fully saturated rings. The Labute approximate surface area is 188 Å². The Morgan fingerprint density at radius 1 is 1.06 bits per heavy atom. The van der Waals surface area contributed by atoms with Gasteiger partial charge in [-0.05, 0) is 48.1 Å². The predicted octanol–water partition coefficient (Wildman–Crippen LogP) is 4.95. The molecular formula is C27H29NO4. The quantitative estimate of drug-likeness (QED) is 0.549. The third-order valence-electron chi connectivity index (χ3n) is 7.20. The molecule has 0 aromatic heterocycles. The number of esters is 1. The second-order valence-electron chi connectivity index (χ2n) is 9.99. The Hall–Kier alpha value is -3.08. The van der Waals surface area contributed by atoms with Gasteiger partial charge in [-0.1, -0.05) is 55.8 Å². The van der Waals surface area contributed by atoms with Gasteiger partial charge < -0.3 is 14.8 Å². The van der Waals surface area contributed by atoms with Crippen LogP contribution < -0.4 is 10.1 Å². The fourth-order valence-electron chi connectivity index (χ4n) is 5.90. The number of anilines is 1. The lowest BCUT2D eigenvalue weighted by Gasteiger charge is -2.44. The zero-order chi connectivity index (χ0) is 22.5. The Bertz CT molecular complexity index is 1060. The van der Waals surface area contributed by atoms with Crippen LogP contribution >= 0.6 is 0 Å². The van der Waals surface area contributed by atoms with Gasteiger partial charge in [-0.2, -0.15) is 0 Å². The molecule has 5 rings (SSSR count). The highest BCUT2D eigenvalue weighted by Crippen LogP contribution is 2.56. The van der Waals surface area contributed by atoms with Crippen molar-refractivity contribution in [3.8, 4) is 5.75 Å². The fourth-order valence-corrected chi connectivity index (χ4v) is 5.90. The van der Waals surface area contributed by atoms with Crippen LogP contribution in [0.15, 0.2) is 66.2 Å². The average molecular weight is 432 g/mol. The zero-order valence-electron chi connectivity index (χ0n) is 18.7. The van der Waals surface area contributed by atoms with Crippen molar-refractivity contribution in [2.24, 2.45) is 23.2 Å². The second kappa shape index (κ2) is 7.80. The van der Waals surface area contributed by atoms with Crippen LogP contribution in [-0.2, 0) is 14.3 Å². The Kier molecular flexibility index (Phi) is 5.07. The summed E-state index contributed by atoms with van der Waals surface area (Å²) in [6, 6.07) is 17.2. The maximum absolute atomic E-state index is 13.6. The van der Waals surface area contributed by atoms with Crippen molar-refractivity contribution < 1.29 is 19.1 Å². The summed E-state index contributed by atoms with van der Waals surface area (Å²) in [5.41, 5.74) is 3.05. The molecule has 5 atom stereocenters. The lowest BCUT2D eigenvalue weighted by atomic mass is 9.58. The number of nitrogens with one attached hydrogen (secondary N) is 1. The summed E-state index contributed by atoms with van der Waals surface area (Å²) in [7, 11) is 1.64. The fraction of sp³-hybridized carbons (Fsp3) is 0.407. The number of benzene rings is 2. The first-order valence-corrected chi connectivity index (χ1v) is 11.3. The molecule has 2 aromatic rings. The van der Waals surface area contributed by atoms with Gasteiger partial charge >= 0.3 is 5.97 Å². The van der Waals surface area contributed by atoms with E-state index in [1.165, 1.54) is 5.57 Å². The van der Waals surface area contributed by atoms with E-state index in [9.17, 15) is 9.59 Å². The van der Waals surface area contributed by atoms with E-state index >= 15 is 0 Å². The maximum Gasteiger partial charge on any atom is 0.310 e. The number of ether oxygens (including phenoxy) is 2. The normalized spacial score (nSPS) is 30.0. The number of hydrogen-bond donors (Lipinski definition) is 1. The van der Waals surface area contributed by atoms with Gasteiger partial charge in [-0.3, -0.25) is 9.59 Å².